The van der Waals surface area contributed by atoms with Crippen LogP contribution in [0.4, 0.5) is 13.2 Å². The number of aromatic hydroxyl groups is 1. The summed E-state index contributed by atoms with van der Waals surface area (Å²) >= 11 is 0. The summed E-state index contributed by atoms with van der Waals surface area (Å²) in [5, 5.41) is 10.2. The van der Waals surface area contributed by atoms with Crippen LogP contribution in [0.5, 0.6) is 5.75 Å². The molecule has 2 nitrogen and oxygen atoms in total. The van der Waals surface area contributed by atoms with Crippen molar-refractivity contribution in [2.75, 3.05) is 0 Å². The Labute approximate surface area is 159 Å². The van der Waals surface area contributed by atoms with Gasteiger partial charge in [0.2, 0.25) is 0 Å². The van der Waals surface area contributed by atoms with Crippen LogP contribution in [-0.2, 0) is 12.6 Å². The van der Waals surface area contributed by atoms with Crippen molar-refractivity contribution in [1.29, 1.82) is 0 Å². The normalized spacial score (nSPS) is 11.7. The first-order valence-corrected chi connectivity index (χ1v) is 8.74. The molecule has 0 amide bonds. The molecule has 0 bridgehead atoms. The quantitative estimate of drug-likeness (QED) is 0.459. The molecule has 140 valence electrons. The van der Waals surface area contributed by atoms with Crippen molar-refractivity contribution in [3.05, 3.63) is 95.7 Å². The van der Waals surface area contributed by atoms with E-state index in [1.165, 1.54) is 12.3 Å². The zero-order valence-corrected chi connectivity index (χ0v) is 14.7. The van der Waals surface area contributed by atoms with Gasteiger partial charge in [0, 0.05) is 11.6 Å². The zero-order valence-electron chi connectivity index (χ0n) is 14.7. The minimum Gasteiger partial charge on any atom is -0.508 e. The van der Waals surface area contributed by atoms with Crippen molar-refractivity contribution < 1.29 is 18.3 Å². The van der Waals surface area contributed by atoms with E-state index >= 15 is 0 Å². The molecule has 5 heteroatoms. The van der Waals surface area contributed by atoms with Crippen molar-refractivity contribution in [3.63, 3.8) is 0 Å². The number of benzene rings is 3. The fourth-order valence-electron chi connectivity index (χ4n) is 3.46. The van der Waals surface area contributed by atoms with Crippen molar-refractivity contribution in [3.8, 4) is 16.9 Å². The summed E-state index contributed by atoms with van der Waals surface area (Å²) in [6.07, 6.45) is -2.53. The average Bonchev–Trinajstić information content (AvgIpc) is 2.67. The molecule has 0 spiro atoms. The zero-order chi connectivity index (χ0) is 19.7. The third-order valence-electron chi connectivity index (χ3n) is 4.65. The van der Waals surface area contributed by atoms with Gasteiger partial charge in [-0.05, 0) is 46.9 Å². The Balaban J connectivity index is 1.98. The fourth-order valence-corrected chi connectivity index (χ4v) is 3.46. The molecule has 4 aromatic rings. The number of hydrogen-bond donors (Lipinski definition) is 1. The van der Waals surface area contributed by atoms with Crippen LogP contribution in [0, 0.1) is 0 Å². The van der Waals surface area contributed by atoms with E-state index in [4.69, 9.17) is 0 Å². The van der Waals surface area contributed by atoms with Gasteiger partial charge in [-0.1, -0.05) is 54.6 Å². The van der Waals surface area contributed by atoms with E-state index in [2.05, 4.69) is 4.98 Å². The molecule has 1 aromatic heterocycles. The molecular weight excluding hydrogens is 363 g/mol. The number of aromatic nitrogens is 1. The number of nitrogens with zero attached hydrogens (tertiary/aromatic N) is 1. The SMILES string of the molecule is Oc1cccc(Cc2cnc3c(C(F)(F)F)cccc3c2-c2ccccc2)c1. The standard InChI is InChI=1S/C23H16F3NO/c24-23(25,26)20-11-5-10-19-21(16-7-2-1-3-8-16)17(14-27-22(19)20)12-15-6-4-9-18(28)13-15/h1-11,13-14,28H,12H2. The fraction of sp³-hybridized carbons (Fsp3) is 0.0870. The first kappa shape index (κ1) is 18.0. The summed E-state index contributed by atoms with van der Waals surface area (Å²) in [5.74, 6) is 0.145. The summed E-state index contributed by atoms with van der Waals surface area (Å²) < 4.78 is 40.4. The first-order chi connectivity index (χ1) is 13.4. The average molecular weight is 379 g/mol. The molecule has 3 aromatic carbocycles. The Morgan fingerprint density at radius 2 is 1.61 bits per heavy atom. The lowest BCUT2D eigenvalue weighted by Crippen LogP contribution is -2.07. The van der Waals surface area contributed by atoms with Gasteiger partial charge in [0.25, 0.3) is 0 Å². The number of phenols is 1. The molecule has 0 saturated carbocycles. The number of fused-ring (bicyclic) bond motifs is 1. The second-order valence-electron chi connectivity index (χ2n) is 6.57. The van der Waals surface area contributed by atoms with E-state index in [-0.39, 0.29) is 11.3 Å². The van der Waals surface area contributed by atoms with Gasteiger partial charge in [-0.2, -0.15) is 13.2 Å². The summed E-state index contributed by atoms with van der Waals surface area (Å²) in [4.78, 5) is 4.17. The number of hydrogen-bond acceptors (Lipinski definition) is 2. The van der Waals surface area contributed by atoms with Crippen LogP contribution in [0.1, 0.15) is 16.7 Å². The Hall–Kier alpha value is -3.34. The minimum absolute atomic E-state index is 0.0616. The summed E-state index contributed by atoms with van der Waals surface area (Å²) in [6.45, 7) is 0. The van der Waals surface area contributed by atoms with E-state index < -0.39 is 11.7 Å². The Morgan fingerprint density at radius 3 is 2.32 bits per heavy atom. The first-order valence-electron chi connectivity index (χ1n) is 8.74. The van der Waals surface area contributed by atoms with Crippen molar-refractivity contribution in [2.24, 2.45) is 0 Å². The van der Waals surface area contributed by atoms with Gasteiger partial charge in [0.1, 0.15) is 5.75 Å². The number of pyridine rings is 1. The monoisotopic (exact) mass is 379 g/mol. The number of rotatable bonds is 3. The Bertz CT molecular complexity index is 1140. The lowest BCUT2D eigenvalue weighted by atomic mass is 9.92. The highest BCUT2D eigenvalue weighted by atomic mass is 19.4. The van der Waals surface area contributed by atoms with E-state index in [9.17, 15) is 18.3 Å². The molecule has 4 rings (SSSR count). The Kier molecular flexibility index (Phi) is 4.51. The van der Waals surface area contributed by atoms with Crippen molar-refractivity contribution in [2.45, 2.75) is 12.6 Å². The van der Waals surface area contributed by atoms with E-state index in [0.29, 0.717) is 11.8 Å². The predicted molar refractivity (Wildman–Crippen MR) is 103 cm³/mol. The Morgan fingerprint density at radius 1 is 0.857 bits per heavy atom. The number of phenolic OH excluding ortho intramolecular Hbond substituents is 1. The van der Waals surface area contributed by atoms with Gasteiger partial charge < -0.3 is 5.11 Å². The molecule has 0 radical (unpaired) electrons. The summed E-state index contributed by atoms with van der Waals surface area (Å²) in [6, 6.07) is 20.3. The molecule has 0 aliphatic rings. The highest BCUT2D eigenvalue weighted by Gasteiger charge is 2.33. The number of halogens is 3. The van der Waals surface area contributed by atoms with E-state index in [1.54, 1.807) is 24.3 Å². The van der Waals surface area contributed by atoms with Crippen LogP contribution in [0.25, 0.3) is 22.0 Å². The molecule has 0 fully saturated rings. The second kappa shape index (κ2) is 7.00. The van der Waals surface area contributed by atoms with Gasteiger partial charge >= 0.3 is 6.18 Å². The molecule has 0 aliphatic carbocycles. The molecule has 0 aliphatic heterocycles. The van der Waals surface area contributed by atoms with Gasteiger partial charge in [0.15, 0.2) is 0 Å². The van der Waals surface area contributed by atoms with Crippen LogP contribution < -0.4 is 0 Å². The van der Waals surface area contributed by atoms with Crippen LogP contribution in [0.3, 0.4) is 0 Å². The van der Waals surface area contributed by atoms with Crippen molar-refractivity contribution >= 4 is 10.9 Å². The van der Waals surface area contributed by atoms with Crippen LogP contribution in [-0.4, -0.2) is 10.1 Å². The molecule has 0 unspecified atom stereocenters. The maximum Gasteiger partial charge on any atom is 0.418 e. The van der Waals surface area contributed by atoms with Crippen molar-refractivity contribution in [1.82, 2.24) is 4.98 Å². The van der Waals surface area contributed by atoms with E-state index in [0.717, 1.165) is 28.3 Å². The number of alkyl halides is 3. The van der Waals surface area contributed by atoms with Crippen LogP contribution in [0.2, 0.25) is 0 Å². The maximum atomic E-state index is 13.5. The smallest absolute Gasteiger partial charge is 0.418 e. The van der Waals surface area contributed by atoms with Gasteiger partial charge in [0.05, 0.1) is 11.1 Å². The topological polar surface area (TPSA) is 33.1 Å². The van der Waals surface area contributed by atoms with E-state index in [1.807, 2.05) is 36.4 Å². The maximum absolute atomic E-state index is 13.5. The lowest BCUT2D eigenvalue weighted by molar-refractivity contribution is -0.136. The molecular formula is C23H16F3NO. The summed E-state index contributed by atoms with van der Waals surface area (Å²) in [7, 11) is 0. The third-order valence-corrected chi connectivity index (χ3v) is 4.65. The second-order valence-corrected chi connectivity index (χ2v) is 6.57. The van der Waals surface area contributed by atoms with Crippen LogP contribution in [0.15, 0.2) is 79.0 Å². The van der Waals surface area contributed by atoms with Gasteiger partial charge in [-0.15, -0.1) is 0 Å². The largest absolute Gasteiger partial charge is 0.508 e. The van der Waals surface area contributed by atoms with Crippen LogP contribution >= 0.6 is 0 Å². The lowest BCUT2D eigenvalue weighted by Gasteiger charge is -2.16. The molecule has 1 heterocycles. The third kappa shape index (κ3) is 3.43. The minimum atomic E-state index is -4.48. The molecule has 28 heavy (non-hydrogen) atoms. The highest BCUT2D eigenvalue weighted by Crippen LogP contribution is 2.38. The molecule has 1 N–H and O–H groups in total. The molecule has 0 saturated heterocycles. The highest BCUT2D eigenvalue weighted by molar-refractivity contribution is 5.97. The van der Waals surface area contributed by atoms with Gasteiger partial charge in [-0.3, -0.25) is 4.98 Å². The summed E-state index contributed by atoms with van der Waals surface area (Å²) in [5.41, 5.74) is 2.39. The van der Waals surface area contributed by atoms with Gasteiger partial charge in [-0.25, -0.2) is 0 Å². The predicted octanol–water partition coefficient (Wildman–Crippen LogP) is 6.22. The number of para-hydroxylation sites is 1. The molecule has 0 atom stereocenters.